The van der Waals surface area contributed by atoms with E-state index in [0.717, 1.165) is 6.92 Å². The third-order valence-electron chi connectivity index (χ3n) is 0.514. The Labute approximate surface area is 113 Å². The molecular formula is C6H9KN2O3. The molecule has 2 N–H and O–H groups in total. The van der Waals surface area contributed by atoms with Gasteiger partial charge in [-0.1, -0.05) is 4.98 Å². The maximum Gasteiger partial charge on any atom is 1.00 e. The fourth-order valence-corrected chi connectivity index (χ4v) is 0.277. The maximum atomic E-state index is 8.89. The minimum Gasteiger partial charge on any atom is -0.870 e. The second-order valence-electron chi connectivity index (χ2n) is 1.44. The molecule has 0 aromatic carbocycles. The van der Waals surface area contributed by atoms with Gasteiger partial charge in [0.1, 0.15) is 6.20 Å². The molecule has 1 rings (SSSR count). The normalized spacial score (nSPS) is 6.08. The van der Waals surface area contributed by atoms with Crippen LogP contribution in [0.3, 0.4) is 0 Å². The molecule has 0 amide bonds. The summed E-state index contributed by atoms with van der Waals surface area (Å²) in [6, 6.07) is 1.83. The Kier molecular flexibility index (Phi) is 20.6. The van der Waals surface area contributed by atoms with Crippen molar-refractivity contribution in [2.45, 2.75) is 6.92 Å². The van der Waals surface area contributed by atoms with Gasteiger partial charge in [-0.15, -0.1) is 0 Å². The molecule has 6 heteroatoms. The van der Waals surface area contributed by atoms with E-state index in [2.05, 4.69) is 9.97 Å². The Bertz CT molecular complexity index is 153. The van der Waals surface area contributed by atoms with Crippen molar-refractivity contribution < 1.29 is 71.7 Å². The van der Waals surface area contributed by atoms with Crippen molar-refractivity contribution in [3.63, 3.8) is 0 Å². The van der Waals surface area contributed by atoms with Crippen LogP contribution in [-0.4, -0.2) is 16.4 Å². The van der Waals surface area contributed by atoms with Crippen LogP contribution in [0.15, 0.2) is 24.8 Å². The van der Waals surface area contributed by atoms with Gasteiger partial charge in [-0.3, -0.25) is 4.98 Å². The first kappa shape index (κ1) is 18.0. The number of hydrogen-bond acceptors (Lipinski definition) is 4. The standard InChI is InChI=1S/C4H4N2.C2H4O2.K.H2O/c1-2-5-4-6-3-1;1-2(3)4;;/h1-4H;1H3,(H,3,4);;1H2/q;;+1;/p-1. The molecule has 0 aliphatic carbocycles. The Hall–Kier alpha value is 0.146. The first-order valence-corrected chi connectivity index (χ1v) is 2.67. The van der Waals surface area contributed by atoms with Gasteiger partial charge in [0.15, 0.2) is 0 Å². The Morgan fingerprint density at radius 1 is 1.58 bits per heavy atom. The molecule has 62 valence electrons. The molecule has 0 unspecified atom stereocenters. The van der Waals surface area contributed by atoms with Crippen LogP contribution < -0.4 is 61.5 Å². The van der Waals surface area contributed by atoms with E-state index >= 15 is 0 Å². The van der Waals surface area contributed by atoms with E-state index in [0.29, 0.717) is 0 Å². The summed E-state index contributed by atoms with van der Waals surface area (Å²) in [4.78, 5) is 15.4. The predicted octanol–water partition coefficient (Wildman–Crippen LogP) is -4.52. The van der Waals surface area contributed by atoms with Crippen LogP contribution in [0.5, 0.6) is 0 Å². The zero-order valence-electron chi connectivity index (χ0n) is 7.02. The number of carbonyl (C=O) groups is 1. The van der Waals surface area contributed by atoms with Gasteiger partial charge in [0.25, 0.3) is 6.33 Å². The van der Waals surface area contributed by atoms with Crippen LogP contribution in [0.2, 0.25) is 0 Å². The molecule has 0 aliphatic heterocycles. The van der Waals surface area contributed by atoms with Gasteiger partial charge in [0.2, 0.25) is 0 Å². The van der Waals surface area contributed by atoms with Crippen LogP contribution in [0.4, 0.5) is 0 Å². The van der Waals surface area contributed by atoms with Crippen molar-refractivity contribution in [3.8, 4) is 0 Å². The number of aromatic amines is 1. The van der Waals surface area contributed by atoms with Gasteiger partial charge >= 0.3 is 51.4 Å². The van der Waals surface area contributed by atoms with E-state index in [-0.39, 0.29) is 56.9 Å². The summed E-state index contributed by atoms with van der Waals surface area (Å²) in [5.74, 6) is -1.08. The van der Waals surface area contributed by atoms with Gasteiger partial charge < -0.3 is 15.4 Å². The number of carboxylic acid groups (broad SMARTS) is 1. The monoisotopic (exact) mass is 196 g/mol. The number of aromatic nitrogens is 2. The topological polar surface area (TPSA) is 97.2 Å². The molecule has 1 heterocycles. The molecule has 0 bridgehead atoms. The molecule has 0 fully saturated rings. The van der Waals surface area contributed by atoms with Gasteiger partial charge in [-0.2, -0.15) is 0 Å². The maximum absolute atomic E-state index is 8.89. The quantitative estimate of drug-likeness (QED) is 0.390. The zero-order valence-corrected chi connectivity index (χ0v) is 10.1. The summed E-state index contributed by atoms with van der Waals surface area (Å²) < 4.78 is 0. The van der Waals surface area contributed by atoms with Gasteiger partial charge in [-0.25, -0.2) is 0 Å². The van der Waals surface area contributed by atoms with Crippen molar-refractivity contribution in [1.29, 1.82) is 0 Å². The van der Waals surface area contributed by atoms with Gasteiger partial charge in [-0.05, 0) is 6.92 Å². The molecular weight excluding hydrogens is 187 g/mol. The summed E-state index contributed by atoms with van der Waals surface area (Å²) >= 11 is 0. The van der Waals surface area contributed by atoms with Crippen LogP contribution in [0.1, 0.15) is 6.92 Å². The van der Waals surface area contributed by atoms with Crippen LogP contribution >= 0.6 is 0 Å². The predicted molar refractivity (Wildman–Crippen MR) is 33.4 cm³/mol. The number of H-pyrrole nitrogens is 1. The smallest absolute Gasteiger partial charge is 0.870 e. The van der Waals surface area contributed by atoms with Crippen LogP contribution in [-0.2, 0) is 4.79 Å². The summed E-state index contributed by atoms with van der Waals surface area (Å²) in [6.45, 7) is 0.972. The number of carbonyl (C=O) groups excluding carboxylic acids is 1. The zero-order chi connectivity index (χ0) is 7.82. The summed E-state index contributed by atoms with van der Waals surface area (Å²) in [6.07, 6.45) is 5.16. The van der Waals surface area contributed by atoms with Crippen molar-refractivity contribution in [1.82, 2.24) is 4.98 Å². The van der Waals surface area contributed by atoms with E-state index in [9.17, 15) is 0 Å². The van der Waals surface area contributed by atoms with E-state index in [1.165, 1.54) is 0 Å². The average molecular weight is 196 g/mol. The molecule has 5 nitrogen and oxygen atoms in total. The second kappa shape index (κ2) is 13.7. The molecule has 1 aromatic rings. The number of aliphatic carboxylic acids is 1. The van der Waals surface area contributed by atoms with Gasteiger partial charge in [0.05, 0.1) is 6.20 Å². The molecule has 0 atom stereocenters. The summed E-state index contributed by atoms with van der Waals surface area (Å²) in [5.41, 5.74) is 0. The third kappa shape index (κ3) is 22.5. The number of hydrogen-bond donors (Lipinski definition) is 0. The minimum atomic E-state index is -1.08. The fraction of sp³-hybridized carbons (Fsp3) is 0.167. The van der Waals surface area contributed by atoms with E-state index in [1.54, 1.807) is 12.5 Å². The number of carboxylic acids is 1. The van der Waals surface area contributed by atoms with E-state index in [1.807, 2.05) is 12.3 Å². The van der Waals surface area contributed by atoms with Crippen LogP contribution in [0.25, 0.3) is 0 Å². The first-order chi connectivity index (χ1) is 4.73. The molecule has 0 saturated carbocycles. The minimum absolute atomic E-state index is 0. The molecule has 0 aliphatic rings. The number of rotatable bonds is 0. The van der Waals surface area contributed by atoms with Crippen molar-refractivity contribution >= 4 is 5.97 Å². The van der Waals surface area contributed by atoms with Crippen molar-refractivity contribution in [2.75, 3.05) is 0 Å². The van der Waals surface area contributed by atoms with Crippen molar-refractivity contribution in [3.05, 3.63) is 24.8 Å². The average Bonchev–Trinajstić information content (AvgIpc) is 1.90. The first-order valence-electron chi connectivity index (χ1n) is 2.67. The number of nitrogens with one attached hydrogen (secondary N) is 1. The Morgan fingerprint density at radius 3 is 2.17 bits per heavy atom. The van der Waals surface area contributed by atoms with E-state index in [4.69, 9.17) is 9.90 Å². The summed E-state index contributed by atoms with van der Waals surface area (Å²) in [7, 11) is 0. The molecule has 0 radical (unpaired) electrons. The molecule has 1 aromatic heterocycles. The van der Waals surface area contributed by atoms with E-state index < -0.39 is 5.97 Å². The van der Waals surface area contributed by atoms with Crippen LogP contribution in [0, 0.1) is 0 Å². The second-order valence-corrected chi connectivity index (χ2v) is 1.44. The third-order valence-corrected chi connectivity index (χ3v) is 0.514. The van der Waals surface area contributed by atoms with Crippen molar-refractivity contribution in [2.24, 2.45) is 0 Å². The fourth-order valence-electron chi connectivity index (χ4n) is 0.277. The SMILES string of the molecule is CC(=O)[O-].[K+].[OH-].c1cnc[nH+]c1. The molecule has 0 saturated heterocycles. The molecule has 12 heavy (non-hydrogen) atoms. The Balaban J connectivity index is -0.000000124. The van der Waals surface area contributed by atoms with Gasteiger partial charge in [0, 0.05) is 12.0 Å². The largest absolute Gasteiger partial charge is 1.00 e. The molecule has 0 spiro atoms. The summed E-state index contributed by atoms with van der Waals surface area (Å²) in [5, 5.41) is 8.89. The Morgan fingerprint density at radius 2 is 2.08 bits per heavy atom. The number of nitrogens with zero attached hydrogens (tertiary/aromatic N) is 1.